The lowest BCUT2D eigenvalue weighted by molar-refractivity contribution is -0.142. The first kappa shape index (κ1) is 27.8. The number of carboxylic acid groups (broad SMARTS) is 1. The van der Waals surface area contributed by atoms with Crippen molar-refractivity contribution in [2.75, 3.05) is 6.54 Å². The van der Waals surface area contributed by atoms with Crippen molar-refractivity contribution < 1.29 is 27.9 Å². The molecular formula is C25H38N4O6S. The Bertz CT molecular complexity index is 1160. The largest absolute Gasteiger partial charge is 0.487 e. The number of ether oxygens (including phenoxy) is 1. The van der Waals surface area contributed by atoms with Gasteiger partial charge in [0.15, 0.2) is 0 Å². The molecule has 1 unspecified atom stereocenters. The van der Waals surface area contributed by atoms with Crippen LogP contribution in [0.4, 0.5) is 0 Å². The number of amides is 1. The predicted octanol–water partition coefficient (Wildman–Crippen LogP) is 2.67. The zero-order chi connectivity index (χ0) is 26.8. The van der Waals surface area contributed by atoms with Crippen LogP contribution in [0.1, 0.15) is 74.6 Å². The number of carbonyl (C=O) groups excluding carboxylic acids is 1. The van der Waals surface area contributed by atoms with Gasteiger partial charge in [-0.2, -0.15) is 0 Å². The average Bonchev–Trinajstić information content (AvgIpc) is 3.41. The van der Waals surface area contributed by atoms with Crippen LogP contribution in [-0.4, -0.2) is 49.5 Å². The Balaban J connectivity index is 1.58. The van der Waals surface area contributed by atoms with Crippen LogP contribution in [0.15, 0.2) is 4.90 Å². The van der Waals surface area contributed by atoms with Crippen molar-refractivity contribution in [1.82, 2.24) is 15.4 Å². The third kappa shape index (κ3) is 6.11. The first-order valence-corrected chi connectivity index (χ1v) is 13.9. The van der Waals surface area contributed by atoms with Crippen molar-refractivity contribution in [2.24, 2.45) is 5.92 Å². The number of nitrogens with one attached hydrogen (secondary N) is 4. The first-order valence-electron chi connectivity index (χ1n) is 12.4. The van der Waals surface area contributed by atoms with E-state index in [0.29, 0.717) is 24.0 Å². The Labute approximate surface area is 213 Å². The second-order valence-corrected chi connectivity index (χ2v) is 12.1. The summed E-state index contributed by atoms with van der Waals surface area (Å²) >= 11 is 0. The van der Waals surface area contributed by atoms with Gasteiger partial charge in [0.25, 0.3) is 10.0 Å². The Morgan fingerprint density at radius 1 is 1.14 bits per heavy atom. The summed E-state index contributed by atoms with van der Waals surface area (Å²) in [5, 5.41) is 22.8. The molecule has 1 amide bonds. The lowest BCUT2D eigenvalue weighted by Gasteiger charge is -2.20. The van der Waals surface area contributed by atoms with E-state index in [9.17, 15) is 23.1 Å². The van der Waals surface area contributed by atoms with Crippen molar-refractivity contribution in [3.8, 4) is 5.75 Å². The summed E-state index contributed by atoms with van der Waals surface area (Å²) in [5.74, 6) is -1.12. The number of carbonyl (C=O) groups is 2. The Morgan fingerprint density at radius 3 is 2.39 bits per heavy atom. The Kier molecular flexibility index (Phi) is 8.22. The van der Waals surface area contributed by atoms with Crippen LogP contribution >= 0.6 is 0 Å². The molecule has 1 heterocycles. The van der Waals surface area contributed by atoms with Crippen LogP contribution in [0, 0.1) is 32.1 Å². The second-order valence-electron chi connectivity index (χ2n) is 10.5. The Hall–Kier alpha value is -2.82. The van der Waals surface area contributed by atoms with E-state index >= 15 is 0 Å². The standard InChI is InChI=1S/C25H38N4O6S/c1-14-15(2)21(16(3)18-13-25(4,5)35-20(14)18)36(33,34)29-24(26)27-12-8-11-19(23(31)32)28-22(30)17-9-6-7-10-17/h17,19H,6-13H2,1-5H3,(H,28,30)(H,31,32)(H3,26,27,29). The lowest BCUT2D eigenvalue weighted by Crippen LogP contribution is -2.44. The van der Waals surface area contributed by atoms with Crippen molar-refractivity contribution in [1.29, 1.82) is 5.41 Å². The smallest absolute Gasteiger partial charge is 0.326 e. The number of sulfonamides is 1. The zero-order valence-electron chi connectivity index (χ0n) is 21.7. The van der Waals surface area contributed by atoms with Gasteiger partial charge in [-0.25, -0.2) is 17.9 Å². The summed E-state index contributed by atoms with van der Waals surface area (Å²) < 4.78 is 34.8. The number of benzene rings is 1. The first-order chi connectivity index (χ1) is 16.7. The summed E-state index contributed by atoms with van der Waals surface area (Å²) in [5.41, 5.74) is 2.40. The summed E-state index contributed by atoms with van der Waals surface area (Å²) in [7, 11) is -4.04. The van der Waals surface area contributed by atoms with Crippen molar-refractivity contribution >= 4 is 27.9 Å². The van der Waals surface area contributed by atoms with Crippen LogP contribution in [0.25, 0.3) is 0 Å². The molecule has 0 saturated heterocycles. The highest BCUT2D eigenvalue weighted by atomic mass is 32.2. The molecule has 3 rings (SSSR count). The maximum Gasteiger partial charge on any atom is 0.326 e. The fourth-order valence-electron chi connectivity index (χ4n) is 5.12. The molecule has 1 aromatic rings. The Morgan fingerprint density at radius 2 is 1.78 bits per heavy atom. The van der Waals surface area contributed by atoms with Gasteiger partial charge in [0.1, 0.15) is 17.4 Å². The zero-order valence-corrected chi connectivity index (χ0v) is 22.5. The van der Waals surface area contributed by atoms with Crippen LogP contribution in [0.5, 0.6) is 5.75 Å². The molecule has 1 fully saturated rings. The van der Waals surface area contributed by atoms with Crippen LogP contribution in [0.2, 0.25) is 0 Å². The van der Waals surface area contributed by atoms with Crippen LogP contribution < -0.4 is 20.1 Å². The fourth-order valence-corrected chi connectivity index (χ4v) is 6.65. The molecule has 11 heteroatoms. The summed E-state index contributed by atoms with van der Waals surface area (Å²) in [6.07, 6.45) is 4.61. The molecule has 0 radical (unpaired) electrons. The quantitative estimate of drug-likeness (QED) is 0.189. The van der Waals surface area contributed by atoms with E-state index in [0.717, 1.165) is 42.6 Å². The number of rotatable bonds is 9. The number of hydrogen-bond acceptors (Lipinski definition) is 6. The molecule has 1 aliphatic carbocycles. The molecule has 1 aromatic carbocycles. The van der Waals surface area contributed by atoms with E-state index in [-0.39, 0.29) is 29.7 Å². The third-order valence-corrected chi connectivity index (χ3v) is 8.73. The number of guanidine groups is 1. The fraction of sp³-hybridized carbons (Fsp3) is 0.640. The van der Waals surface area contributed by atoms with E-state index in [2.05, 4.69) is 15.4 Å². The van der Waals surface area contributed by atoms with Gasteiger partial charge in [-0.3, -0.25) is 10.2 Å². The highest BCUT2D eigenvalue weighted by Gasteiger charge is 2.36. The normalized spacial score (nSPS) is 17.7. The van der Waals surface area contributed by atoms with Gasteiger partial charge in [0.05, 0.1) is 4.90 Å². The highest BCUT2D eigenvalue weighted by molar-refractivity contribution is 7.90. The van der Waals surface area contributed by atoms with E-state index in [1.54, 1.807) is 13.8 Å². The van der Waals surface area contributed by atoms with Crippen LogP contribution in [-0.2, 0) is 26.0 Å². The predicted molar refractivity (Wildman–Crippen MR) is 136 cm³/mol. The third-order valence-electron chi connectivity index (χ3n) is 7.11. The van der Waals surface area contributed by atoms with Crippen LogP contribution in [0.3, 0.4) is 0 Å². The summed E-state index contributed by atoms with van der Waals surface area (Å²) in [6, 6.07) is -1.02. The highest BCUT2D eigenvalue weighted by Crippen LogP contribution is 2.43. The maximum atomic E-state index is 13.2. The number of carboxylic acids is 1. The van der Waals surface area contributed by atoms with Crippen molar-refractivity contribution in [2.45, 2.75) is 96.1 Å². The minimum absolute atomic E-state index is 0.125. The SMILES string of the molecule is Cc1c(C)c(S(=O)(=O)NC(=N)NCCCC(NC(=O)C2CCCC2)C(=O)O)c(C)c2c1OC(C)(C)C2. The molecule has 200 valence electrons. The number of aliphatic carboxylic acids is 1. The van der Waals surface area contributed by atoms with Gasteiger partial charge in [0.2, 0.25) is 11.9 Å². The van der Waals surface area contributed by atoms with E-state index in [4.69, 9.17) is 10.1 Å². The van der Waals surface area contributed by atoms with Gasteiger partial charge in [-0.15, -0.1) is 0 Å². The molecule has 1 aliphatic heterocycles. The molecule has 2 aliphatic rings. The molecular weight excluding hydrogens is 484 g/mol. The van der Waals surface area contributed by atoms with Gasteiger partial charge in [0, 0.05) is 24.4 Å². The molecule has 0 bridgehead atoms. The molecule has 0 spiro atoms. The lowest BCUT2D eigenvalue weighted by atomic mass is 9.94. The molecule has 1 saturated carbocycles. The van der Waals surface area contributed by atoms with Gasteiger partial charge >= 0.3 is 5.97 Å². The molecule has 5 N–H and O–H groups in total. The van der Waals surface area contributed by atoms with E-state index < -0.39 is 33.6 Å². The minimum atomic E-state index is -4.04. The topological polar surface area (TPSA) is 158 Å². The summed E-state index contributed by atoms with van der Waals surface area (Å²) in [4.78, 5) is 24.0. The number of fused-ring (bicyclic) bond motifs is 1. The molecule has 1 atom stereocenters. The van der Waals surface area contributed by atoms with Gasteiger partial charge < -0.3 is 20.5 Å². The average molecular weight is 523 g/mol. The maximum absolute atomic E-state index is 13.2. The molecule has 36 heavy (non-hydrogen) atoms. The van der Waals surface area contributed by atoms with Crippen molar-refractivity contribution in [3.63, 3.8) is 0 Å². The van der Waals surface area contributed by atoms with Crippen molar-refractivity contribution in [3.05, 3.63) is 22.3 Å². The van der Waals surface area contributed by atoms with E-state index in [1.165, 1.54) is 0 Å². The monoisotopic (exact) mass is 522 g/mol. The number of hydrogen-bond donors (Lipinski definition) is 5. The van der Waals surface area contributed by atoms with E-state index in [1.807, 2.05) is 20.8 Å². The van der Waals surface area contributed by atoms with Gasteiger partial charge in [-0.1, -0.05) is 12.8 Å². The molecule has 10 nitrogen and oxygen atoms in total. The minimum Gasteiger partial charge on any atom is -0.487 e. The second kappa shape index (κ2) is 10.7. The molecule has 0 aromatic heterocycles. The van der Waals surface area contributed by atoms with Gasteiger partial charge in [-0.05, 0) is 77.0 Å². The summed E-state index contributed by atoms with van der Waals surface area (Å²) in [6.45, 7) is 9.42.